The van der Waals surface area contributed by atoms with E-state index in [4.69, 9.17) is 14.2 Å². The predicted molar refractivity (Wildman–Crippen MR) is 228 cm³/mol. The molecule has 54 heavy (non-hydrogen) atoms. The van der Waals surface area contributed by atoms with Gasteiger partial charge in [0, 0.05) is 12.8 Å². The number of esters is 3. The van der Waals surface area contributed by atoms with Crippen molar-refractivity contribution < 1.29 is 28.6 Å². The van der Waals surface area contributed by atoms with Gasteiger partial charge in [0.15, 0.2) is 6.10 Å². The van der Waals surface area contributed by atoms with Crippen LogP contribution in [-0.2, 0) is 28.6 Å². The van der Waals surface area contributed by atoms with Gasteiger partial charge in [0.25, 0.3) is 0 Å². The summed E-state index contributed by atoms with van der Waals surface area (Å²) in [4.78, 5) is 37.5. The van der Waals surface area contributed by atoms with Crippen molar-refractivity contribution in [3.63, 3.8) is 0 Å². The Labute approximate surface area is 330 Å². The molecular formula is C48H76O6. The molecule has 0 aliphatic carbocycles. The van der Waals surface area contributed by atoms with Crippen LogP contribution < -0.4 is 0 Å². The molecule has 0 saturated carbocycles. The van der Waals surface area contributed by atoms with Gasteiger partial charge in [0.05, 0.1) is 6.42 Å². The number of allylic oxidation sites excluding steroid dienone is 15. The van der Waals surface area contributed by atoms with E-state index < -0.39 is 12.1 Å². The van der Waals surface area contributed by atoms with Crippen molar-refractivity contribution in [2.24, 2.45) is 0 Å². The van der Waals surface area contributed by atoms with Crippen LogP contribution in [0.1, 0.15) is 168 Å². The second kappa shape index (κ2) is 42.1. The van der Waals surface area contributed by atoms with Gasteiger partial charge < -0.3 is 14.2 Å². The van der Waals surface area contributed by atoms with Crippen molar-refractivity contribution in [3.05, 3.63) is 97.2 Å². The molecule has 0 saturated heterocycles. The molecule has 0 bridgehead atoms. The predicted octanol–water partition coefficient (Wildman–Crippen LogP) is 13.5. The van der Waals surface area contributed by atoms with Gasteiger partial charge in [-0.1, -0.05) is 169 Å². The Bertz CT molecular complexity index is 1140. The lowest BCUT2D eigenvalue weighted by molar-refractivity contribution is -0.166. The zero-order valence-corrected chi connectivity index (χ0v) is 34.4. The number of rotatable bonds is 36. The van der Waals surface area contributed by atoms with Crippen LogP contribution in [0.4, 0.5) is 0 Å². The number of unbranched alkanes of at least 4 members (excludes halogenated alkanes) is 12. The Kier molecular flexibility index (Phi) is 39.2. The molecule has 304 valence electrons. The first-order chi connectivity index (χ1) is 26.5. The van der Waals surface area contributed by atoms with Crippen molar-refractivity contribution >= 4 is 17.9 Å². The summed E-state index contributed by atoms with van der Waals surface area (Å²) in [5.74, 6) is -1.09. The highest BCUT2D eigenvalue weighted by Crippen LogP contribution is 2.12. The van der Waals surface area contributed by atoms with Gasteiger partial charge in [0.1, 0.15) is 13.2 Å². The molecule has 0 aromatic carbocycles. The third-order valence-corrected chi connectivity index (χ3v) is 8.41. The molecule has 0 aromatic heterocycles. The summed E-state index contributed by atoms with van der Waals surface area (Å²) >= 11 is 0. The lowest BCUT2D eigenvalue weighted by atomic mass is 10.1. The average molecular weight is 749 g/mol. The second-order valence-electron chi connectivity index (χ2n) is 13.5. The molecule has 0 aliphatic rings. The van der Waals surface area contributed by atoms with E-state index in [9.17, 15) is 14.4 Å². The van der Waals surface area contributed by atoms with Crippen molar-refractivity contribution in [2.45, 2.75) is 175 Å². The summed E-state index contributed by atoms with van der Waals surface area (Å²) in [5.41, 5.74) is 0. The Morgan fingerprint density at radius 1 is 0.407 bits per heavy atom. The molecule has 6 heteroatoms. The first-order valence-electron chi connectivity index (χ1n) is 21.3. The summed E-state index contributed by atoms with van der Waals surface area (Å²) < 4.78 is 16.5. The number of carbonyl (C=O) groups is 3. The molecule has 6 nitrogen and oxygen atoms in total. The van der Waals surface area contributed by atoms with E-state index in [0.717, 1.165) is 103 Å². The monoisotopic (exact) mass is 749 g/mol. The lowest BCUT2D eigenvalue weighted by Gasteiger charge is -2.18. The summed E-state index contributed by atoms with van der Waals surface area (Å²) in [6.45, 7) is 6.12. The molecular weight excluding hydrogens is 673 g/mol. The zero-order valence-electron chi connectivity index (χ0n) is 34.4. The number of carbonyl (C=O) groups excluding carboxylic acids is 3. The summed E-state index contributed by atoms with van der Waals surface area (Å²) in [7, 11) is 0. The van der Waals surface area contributed by atoms with Gasteiger partial charge in [-0.3, -0.25) is 14.4 Å². The first-order valence-corrected chi connectivity index (χ1v) is 21.3. The maximum Gasteiger partial charge on any atom is 0.309 e. The first kappa shape index (κ1) is 50.3. The van der Waals surface area contributed by atoms with E-state index in [-0.39, 0.29) is 38.0 Å². The minimum atomic E-state index is -0.825. The standard InChI is InChI=1S/C48H76O6/c1-4-7-10-13-16-19-21-23-25-26-29-32-35-38-41-47(50)53-44-45(43-52-46(49)40-37-34-31-28-18-15-12-9-6-3)54-48(51)42-39-36-33-30-27-24-22-20-17-14-11-8-5-2/h7-12,14,16-20,22,28,34,37,45H,4-6,13,15,21,23-27,29-33,35-36,38-44H2,1-3H3/b10-7-,11-8-,12-9-,17-14-,19-16-,22-20-,28-18-,37-34-. The smallest absolute Gasteiger partial charge is 0.309 e. The average Bonchev–Trinajstić information content (AvgIpc) is 3.17. The van der Waals surface area contributed by atoms with Crippen molar-refractivity contribution in [2.75, 3.05) is 13.2 Å². The van der Waals surface area contributed by atoms with Gasteiger partial charge in [-0.15, -0.1) is 0 Å². The Hall–Kier alpha value is -3.67. The van der Waals surface area contributed by atoms with Crippen LogP contribution in [-0.4, -0.2) is 37.2 Å². The van der Waals surface area contributed by atoms with Crippen LogP contribution in [0.15, 0.2) is 97.2 Å². The number of hydrogen-bond acceptors (Lipinski definition) is 6. The third-order valence-electron chi connectivity index (χ3n) is 8.41. The highest BCUT2D eigenvalue weighted by atomic mass is 16.6. The minimum absolute atomic E-state index is 0.119. The molecule has 1 unspecified atom stereocenters. The van der Waals surface area contributed by atoms with Crippen molar-refractivity contribution in [3.8, 4) is 0 Å². The quantitative estimate of drug-likeness (QED) is 0.0209. The Morgan fingerprint density at radius 3 is 1.41 bits per heavy atom. The van der Waals surface area contributed by atoms with Gasteiger partial charge in [-0.05, 0) is 77.0 Å². The van der Waals surface area contributed by atoms with Crippen LogP contribution in [0.2, 0.25) is 0 Å². The molecule has 0 heterocycles. The summed E-state index contributed by atoms with van der Waals surface area (Å²) in [6, 6.07) is 0. The van der Waals surface area contributed by atoms with Crippen molar-refractivity contribution in [1.82, 2.24) is 0 Å². The molecule has 0 N–H and O–H groups in total. The van der Waals surface area contributed by atoms with E-state index >= 15 is 0 Å². The molecule has 0 amide bonds. The Morgan fingerprint density at radius 2 is 0.833 bits per heavy atom. The molecule has 0 radical (unpaired) electrons. The van der Waals surface area contributed by atoms with Crippen LogP contribution >= 0.6 is 0 Å². The Balaban J connectivity index is 4.50. The van der Waals surface area contributed by atoms with E-state index in [2.05, 4.69) is 99.8 Å². The van der Waals surface area contributed by atoms with Gasteiger partial charge in [-0.2, -0.15) is 0 Å². The van der Waals surface area contributed by atoms with Gasteiger partial charge in [0.2, 0.25) is 0 Å². The third kappa shape index (κ3) is 39.5. The molecule has 0 aliphatic heterocycles. The zero-order chi connectivity index (χ0) is 39.4. The highest BCUT2D eigenvalue weighted by molar-refractivity contribution is 5.72. The fourth-order valence-electron chi connectivity index (χ4n) is 5.30. The molecule has 0 fully saturated rings. The number of hydrogen-bond donors (Lipinski definition) is 0. The number of ether oxygens (including phenoxy) is 3. The van der Waals surface area contributed by atoms with Crippen LogP contribution in [0.3, 0.4) is 0 Å². The van der Waals surface area contributed by atoms with Crippen LogP contribution in [0, 0.1) is 0 Å². The maximum atomic E-state index is 12.7. The lowest BCUT2D eigenvalue weighted by Crippen LogP contribution is -2.30. The fraction of sp³-hybridized carbons (Fsp3) is 0.604. The maximum absolute atomic E-state index is 12.7. The SMILES string of the molecule is CC\C=C/C=C\C=C/CCCCCCCC(=O)OC(COC(=O)C/C=C\C/C=C\C/C=C\CC)COC(=O)CCCCCCCCC/C=C\C/C=C\CC. The van der Waals surface area contributed by atoms with Gasteiger partial charge in [-0.25, -0.2) is 0 Å². The molecule has 0 aromatic rings. The van der Waals surface area contributed by atoms with E-state index in [1.807, 2.05) is 12.2 Å². The minimum Gasteiger partial charge on any atom is -0.462 e. The summed E-state index contributed by atoms with van der Waals surface area (Å²) in [5, 5.41) is 0. The van der Waals surface area contributed by atoms with Gasteiger partial charge >= 0.3 is 17.9 Å². The van der Waals surface area contributed by atoms with E-state index in [1.165, 1.54) is 25.7 Å². The molecule has 0 spiro atoms. The van der Waals surface area contributed by atoms with Crippen molar-refractivity contribution in [1.29, 1.82) is 0 Å². The fourth-order valence-corrected chi connectivity index (χ4v) is 5.30. The normalized spacial score (nSPS) is 13.0. The topological polar surface area (TPSA) is 78.9 Å². The molecule has 1 atom stereocenters. The van der Waals surface area contributed by atoms with Crippen LogP contribution in [0.25, 0.3) is 0 Å². The largest absolute Gasteiger partial charge is 0.462 e. The highest BCUT2D eigenvalue weighted by Gasteiger charge is 2.19. The van der Waals surface area contributed by atoms with Crippen LogP contribution in [0.5, 0.6) is 0 Å². The van der Waals surface area contributed by atoms with E-state index in [1.54, 1.807) is 6.08 Å². The summed E-state index contributed by atoms with van der Waals surface area (Å²) in [6.07, 6.45) is 54.2. The molecule has 0 rings (SSSR count). The van der Waals surface area contributed by atoms with E-state index in [0.29, 0.717) is 6.42 Å². The second-order valence-corrected chi connectivity index (χ2v) is 13.5.